The van der Waals surface area contributed by atoms with Crippen LogP contribution in [0.3, 0.4) is 0 Å². The van der Waals surface area contributed by atoms with Crippen molar-refractivity contribution in [3.05, 3.63) is 36.5 Å². The largest absolute Gasteiger partial charge is 0.394 e. The van der Waals surface area contributed by atoms with Crippen LogP contribution in [-0.4, -0.2) is 46.1 Å². The fourth-order valence-corrected chi connectivity index (χ4v) is 5.06. The van der Waals surface area contributed by atoms with Crippen LogP contribution in [0.25, 0.3) is 0 Å². The summed E-state index contributed by atoms with van der Waals surface area (Å²) in [4.78, 5) is 12.3. The standard InChI is InChI=1S/C37H69NO4/c1-3-5-7-9-11-13-15-16-17-18-19-20-21-22-24-25-27-29-31-35(40)34(33-39)38-37(42)36(41)32-30-28-26-23-14-12-10-8-6-4-2/h10,12,22,24,29,31,34-36,39-41H,3-9,11,13-21,23,25-28,30,32-33H2,1-2H3,(H,38,42)/b12-10-,24-22+,31-29+. The number of allylic oxidation sites excluding steroid dienone is 5. The molecule has 0 aliphatic rings. The topological polar surface area (TPSA) is 89.8 Å². The van der Waals surface area contributed by atoms with Crippen molar-refractivity contribution in [3.8, 4) is 0 Å². The van der Waals surface area contributed by atoms with Crippen LogP contribution >= 0.6 is 0 Å². The first kappa shape index (κ1) is 40.6. The second-order valence-electron chi connectivity index (χ2n) is 12.1. The quantitative estimate of drug-likeness (QED) is 0.0478. The third-order valence-corrected chi connectivity index (χ3v) is 7.95. The minimum atomic E-state index is -1.11. The molecule has 4 N–H and O–H groups in total. The first-order chi connectivity index (χ1) is 20.6. The molecule has 246 valence electrons. The highest BCUT2D eigenvalue weighted by Gasteiger charge is 2.22. The van der Waals surface area contributed by atoms with Crippen LogP contribution in [0, 0.1) is 0 Å². The SMILES string of the molecule is CCCC/C=C\CCCCCCC(O)C(=O)NC(CO)C(O)/C=C/CC/C=C/CCCCCCCCCCCCCC. The first-order valence-corrected chi connectivity index (χ1v) is 17.8. The lowest BCUT2D eigenvalue weighted by molar-refractivity contribution is -0.131. The monoisotopic (exact) mass is 592 g/mol. The van der Waals surface area contributed by atoms with E-state index in [1.54, 1.807) is 6.08 Å². The number of unbranched alkanes of at least 4 members (excludes halogenated alkanes) is 19. The number of carbonyl (C=O) groups is 1. The highest BCUT2D eigenvalue weighted by Crippen LogP contribution is 2.13. The molecule has 0 aromatic heterocycles. The smallest absolute Gasteiger partial charge is 0.249 e. The Morgan fingerprint density at radius 3 is 1.52 bits per heavy atom. The molecular formula is C37H69NO4. The zero-order valence-corrected chi connectivity index (χ0v) is 27.6. The summed E-state index contributed by atoms with van der Waals surface area (Å²) >= 11 is 0. The lowest BCUT2D eigenvalue weighted by atomic mass is 10.0. The summed E-state index contributed by atoms with van der Waals surface area (Å²) in [5.74, 6) is -0.527. The summed E-state index contributed by atoms with van der Waals surface area (Å²) in [5, 5.41) is 32.8. The van der Waals surface area contributed by atoms with Crippen LogP contribution < -0.4 is 5.32 Å². The number of aliphatic hydroxyl groups is 3. The molecule has 0 saturated carbocycles. The van der Waals surface area contributed by atoms with Gasteiger partial charge in [-0.3, -0.25) is 4.79 Å². The van der Waals surface area contributed by atoms with E-state index in [-0.39, 0.29) is 6.61 Å². The van der Waals surface area contributed by atoms with Crippen LogP contribution in [0.5, 0.6) is 0 Å². The van der Waals surface area contributed by atoms with Crippen molar-refractivity contribution in [1.82, 2.24) is 5.32 Å². The van der Waals surface area contributed by atoms with Gasteiger partial charge in [-0.25, -0.2) is 0 Å². The maximum absolute atomic E-state index is 12.3. The molecule has 1 amide bonds. The second kappa shape index (κ2) is 32.5. The van der Waals surface area contributed by atoms with Crippen LogP contribution in [0.15, 0.2) is 36.5 Å². The van der Waals surface area contributed by atoms with Crippen LogP contribution in [0.4, 0.5) is 0 Å². The Bertz CT molecular complexity index is 660. The van der Waals surface area contributed by atoms with Gasteiger partial charge in [0.25, 0.3) is 0 Å². The van der Waals surface area contributed by atoms with Crippen molar-refractivity contribution in [2.75, 3.05) is 6.61 Å². The third-order valence-electron chi connectivity index (χ3n) is 7.95. The number of hydrogen-bond acceptors (Lipinski definition) is 4. The van der Waals surface area contributed by atoms with E-state index in [9.17, 15) is 20.1 Å². The Hall–Kier alpha value is -1.43. The molecule has 5 nitrogen and oxygen atoms in total. The summed E-state index contributed by atoms with van der Waals surface area (Å²) in [6.45, 7) is 4.09. The molecule has 0 aromatic rings. The molecule has 0 fully saturated rings. The number of hydrogen-bond donors (Lipinski definition) is 4. The van der Waals surface area contributed by atoms with Crippen molar-refractivity contribution in [2.45, 2.75) is 186 Å². The molecule has 0 saturated heterocycles. The fourth-order valence-electron chi connectivity index (χ4n) is 5.06. The lowest BCUT2D eigenvalue weighted by Gasteiger charge is -2.21. The summed E-state index contributed by atoms with van der Waals surface area (Å²) in [6, 6.07) is -0.816. The molecule has 0 heterocycles. The zero-order chi connectivity index (χ0) is 30.9. The van der Waals surface area contributed by atoms with E-state index in [2.05, 4.69) is 43.5 Å². The number of rotatable bonds is 31. The maximum Gasteiger partial charge on any atom is 0.249 e. The Kier molecular flexibility index (Phi) is 31.4. The van der Waals surface area contributed by atoms with E-state index in [0.717, 1.165) is 57.8 Å². The van der Waals surface area contributed by atoms with Gasteiger partial charge >= 0.3 is 0 Å². The Morgan fingerprint density at radius 2 is 1.00 bits per heavy atom. The molecule has 0 spiro atoms. The molecule has 0 aliphatic carbocycles. The van der Waals surface area contributed by atoms with Crippen molar-refractivity contribution in [1.29, 1.82) is 0 Å². The van der Waals surface area contributed by atoms with Gasteiger partial charge in [0.2, 0.25) is 5.91 Å². The van der Waals surface area contributed by atoms with Crippen LogP contribution in [0.1, 0.15) is 168 Å². The molecule has 3 unspecified atom stereocenters. The minimum absolute atomic E-state index is 0.380. The van der Waals surface area contributed by atoms with Gasteiger partial charge in [-0.2, -0.15) is 0 Å². The van der Waals surface area contributed by atoms with Gasteiger partial charge in [0, 0.05) is 0 Å². The van der Waals surface area contributed by atoms with Gasteiger partial charge in [0.1, 0.15) is 6.10 Å². The van der Waals surface area contributed by atoms with Gasteiger partial charge in [-0.1, -0.05) is 153 Å². The van der Waals surface area contributed by atoms with E-state index >= 15 is 0 Å². The molecule has 0 rings (SSSR count). The van der Waals surface area contributed by atoms with Crippen molar-refractivity contribution in [3.63, 3.8) is 0 Å². The highest BCUT2D eigenvalue weighted by molar-refractivity contribution is 5.80. The lowest BCUT2D eigenvalue weighted by Crippen LogP contribution is -2.48. The average molecular weight is 592 g/mol. The second-order valence-corrected chi connectivity index (χ2v) is 12.1. The zero-order valence-electron chi connectivity index (χ0n) is 27.6. The van der Waals surface area contributed by atoms with Gasteiger partial charge in [0.05, 0.1) is 18.8 Å². The van der Waals surface area contributed by atoms with Gasteiger partial charge in [0.15, 0.2) is 0 Å². The number of nitrogens with one attached hydrogen (secondary N) is 1. The third kappa shape index (κ3) is 27.4. The molecule has 42 heavy (non-hydrogen) atoms. The summed E-state index contributed by atoms with van der Waals surface area (Å²) < 4.78 is 0. The molecule has 0 radical (unpaired) electrons. The number of carbonyl (C=O) groups excluding carboxylic acids is 1. The molecule has 0 aliphatic heterocycles. The Morgan fingerprint density at radius 1 is 0.571 bits per heavy atom. The maximum atomic E-state index is 12.3. The predicted octanol–water partition coefficient (Wildman–Crippen LogP) is 9.26. The summed E-state index contributed by atoms with van der Waals surface area (Å²) in [7, 11) is 0. The minimum Gasteiger partial charge on any atom is -0.394 e. The van der Waals surface area contributed by atoms with E-state index in [1.165, 1.54) is 89.9 Å². The summed E-state index contributed by atoms with van der Waals surface area (Å²) in [6.07, 6.45) is 38.8. The van der Waals surface area contributed by atoms with Crippen molar-refractivity contribution >= 4 is 5.91 Å². The average Bonchev–Trinajstić information content (AvgIpc) is 2.99. The molecular weight excluding hydrogens is 522 g/mol. The van der Waals surface area contributed by atoms with E-state index in [0.29, 0.717) is 6.42 Å². The van der Waals surface area contributed by atoms with Gasteiger partial charge < -0.3 is 20.6 Å². The normalized spacial score (nSPS) is 14.3. The highest BCUT2D eigenvalue weighted by atomic mass is 16.3. The Labute approximate surface area is 260 Å². The first-order valence-electron chi connectivity index (χ1n) is 17.8. The molecule has 3 atom stereocenters. The van der Waals surface area contributed by atoms with Crippen molar-refractivity contribution in [2.24, 2.45) is 0 Å². The summed E-state index contributed by atoms with van der Waals surface area (Å²) in [5.41, 5.74) is 0. The predicted molar refractivity (Wildman–Crippen MR) is 181 cm³/mol. The molecule has 0 aromatic carbocycles. The van der Waals surface area contributed by atoms with Crippen molar-refractivity contribution < 1.29 is 20.1 Å². The van der Waals surface area contributed by atoms with Gasteiger partial charge in [-0.05, 0) is 51.4 Å². The van der Waals surface area contributed by atoms with Crippen LogP contribution in [0.2, 0.25) is 0 Å². The molecule has 5 heteroatoms. The van der Waals surface area contributed by atoms with E-state index in [4.69, 9.17) is 0 Å². The van der Waals surface area contributed by atoms with E-state index < -0.39 is 24.2 Å². The number of aliphatic hydroxyl groups excluding tert-OH is 3. The Balaban J connectivity index is 3.81. The number of amides is 1. The fraction of sp³-hybridized carbons (Fsp3) is 0.811. The van der Waals surface area contributed by atoms with Gasteiger partial charge in [-0.15, -0.1) is 0 Å². The molecule has 0 bridgehead atoms. The van der Waals surface area contributed by atoms with E-state index in [1.807, 2.05) is 6.08 Å². The van der Waals surface area contributed by atoms with Crippen LogP contribution in [-0.2, 0) is 4.79 Å².